The van der Waals surface area contributed by atoms with Crippen LogP contribution in [-0.2, 0) is 17.8 Å². The molecule has 9 heteroatoms. The number of anilines is 2. The molecule has 2 fully saturated rings. The summed E-state index contributed by atoms with van der Waals surface area (Å²) in [6.07, 6.45) is 5.76. The second-order valence-electron chi connectivity index (χ2n) is 10.4. The number of likely N-dealkylation sites (N-methyl/N-ethyl adjacent to an activating group) is 1. The molecule has 0 radical (unpaired) electrons. The highest BCUT2D eigenvalue weighted by Crippen LogP contribution is 2.32. The predicted molar refractivity (Wildman–Crippen MR) is 147 cm³/mol. The summed E-state index contributed by atoms with van der Waals surface area (Å²) in [6, 6.07) is 13.3. The molecule has 1 amide bonds. The van der Waals surface area contributed by atoms with Gasteiger partial charge in [0, 0.05) is 43.5 Å². The van der Waals surface area contributed by atoms with Gasteiger partial charge in [-0.3, -0.25) is 4.79 Å². The first-order chi connectivity index (χ1) is 18.6. The lowest BCUT2D eigenvalue weighted by molar-refractivity contribution is -0.128. The first kappa shape index (κ1) is 26.0. The lowest BCUT2D eigenvalue weighted by atomic mass is 10.1. The summed E-state index contributed by atoms with van der Waals surface area (Å²) >= 11 is 0. The van der Waals surface area contributed by atoms with Gasteiger partial charge >= 0.3 is 6.01 Å². The van der Waals surface area contributed by atoms with E-state index in [1.807, 2.05) is 6.07 Å². The second kappa shape index (κ2) is 11.8. The molecule has 3 aliphatic rings. The van der Waals surface area contributed by atoms with E-state index in [2.05, 4.69) is 58.7 Å². The molecule has 38 heavy (non-hydrogen) atoms. The number of para-hydroxylation sites is 1. The molecule has 0 unspecified atom stereocenters. The van der Waals surface area contributed by atoms with E-state index in [0.717, 1.165) is 49.4 Å². The Morgan fingerprint density at radius 3 is 2.71 bits per heavy atom. The van der Waals surface area contributed by atoms with Crippen LogP contribution < -0.4 is 14.5 Å². The Morgan fingerprint density at radius 1 is 1.13 bits per heavy atom. The number of benzene rings is 1. The summed E-state index contributed by atoms with van der Waals surface area (Å²) in [4.78, 5) is 31.1. The van der Waals surface area contributed by atoms with Crippen LogP contribution in [0.15, 0.2) is 43.0 Å². The van der Waals surface area contributed by atoms with E-state index in [9.17, 15) is 10.1 Å². The lowest BCUT2D eigenvalue weighted by Crippen LogP contribution is -2.55. The van der Waals surface area contributed by atoms with Crippen molar-refractivity contribution in [3.8, 4) is 12.1 Å². The number of hydrogen-bond donors (Lipinski definition) is 0. The largest absolute Gasteiger partial charge is 0.462 e. The van der Waals surface area contributed by atoms with Crippen LogP contribution in [0.3, 0.4) is 0 Å². The van der Waals surface area contributed by atoms with Gasteiger partial charge in [-0.15, -0.1) is 0 Å². The summed E-state index contributed by atoms with van der Waals surface area (Å²) in [5.41, 5.74) is 3.32. The Labute approximate surface area is 225 Å². The number of ether oxygens (including phenoxy) is 1. The summed E-state index contributed by atoms with van der Waals surface area (Å²) in [7, 11) is 2.14. The highest BCUT2D eigenvalue weighted by molar-refractivity contribution is 5.87. The first-order valence-corrected chi connectivity index (χ1v) is 13.6. The molecule has 1 aromatic carbocycles. The van der Waals surface area contributed by atoms with E-state index >= 15 is 0 Å². The number of carbonyl (C=O) groups excluding carboxylic acids is 1. The highest BCUT2D eigenvalue weighted by Gasteiger charge is 2.33. The van der Waals surface area contributed by atoms with Gasteiger partial charge in [0.05, 0.1) is 30.8 Å². The van der Waals surface area contributed by atoms with Gasteiger partial charge in [-0.2, -0.15) is 15.2 Å². The van der Waals surface area contributed by atoms with Crippen molar-refractivity contribution in [3.05, 3.63) is 54.2 Å². The third kappa shape index (κ3) is 5.60. The maximum absolute atomic E-state index is 12.5. The van der Waals surface area contributed by atoms with E-state index in [4.69, 9.17) is 14.7 Å². The van der Waals surface area contributed by atoms with Crippen molar-refractivity contribution in [1.29, 1.82) is 5.26 Å². The second-order valence-corrected chi connectivity index (χ2v) is 10.4. The molecule has 200 valence electrons. The minimum Gasteiger partial charge on any atom is -0.462 e. The smallest absolute Gasteiger partial charge is 0.318 e. The zero-order valence-electron chi connectivity index (χ0n) is 22.3. The van der Waals surface area contributed by atoms with Crippen LogP contribution in [0.2, 0.25) is 0 Å². The summed E-state index contributed by atoms with van der Waals surface area (Å²) in [5, 5.41) is 9.47. The van der Waals surface area contributed by atoms with Gasteiger partial charge in [0.2, 0.25) is 5.91 Å². The van der Waals surface area contributed by atoms with E-state index < -0.39 is 0 Å². The van der Waals surface area contributed by atoms with Gasteiger partial charge in [-0.05, 0) is 57.5 Å². The van der Waals surface area contributed by atoms with Gasteiger partial charge in [-0.1, -0.05) is 24.8 Å². The monoisotopic (exact) mass is 515 g/mol. The third-order valence-corrected chi connectivity index (χ3v) is 8.01. The van der Waals surface area contributed by atoms with E-state index in [1.54, 1.807) is 4.90 Å². The first-order valence-electron chi connectivity index (χ1n) is 13.6. The van der Waals surface area contributed by atoms with Gasteiger partial charge in [-0.25, -0.2) is 0 Å². The third-order valence-electron chi connectivity index (χ3n) is 8.01. The number of amides is 1. The minimum atomic E-state index is -0.215. The number of piperazine rings is 1. The topological polar surface area (TPSA) is 88.8 Å². The molecule has 2 saturated heterocycles. The highest BCUT2D eigenvalue weighted by atomic mass is 16.5. The molecule has 0 bridgehead atoms. The molecule has 0 spiro atoms. The number of hydrogen-bond acceptors (Lipinski definition) is 8. The van der Waals surface area contributed by atoms with E-state index in [1.165, 1.54) is 18.2 Å². The van der Waals surface area contributed by atoms with Gasteiger partial charge in [0.15, 0.2) is 0 Å². The van der Waals surface area contributed by atoms with Gasteiger partial charge in [0.25, 0.3) is 0 Å². The summed E-state index contributed by atoms with van der Waals surface area (Å²) in [5.74, 6) is 0.753. The number of fused-ring (bicyclic) bond motifs is 1. The fraction of sp³-hybridized carbons (Fsp3) is 0.517. The normalized spacial score (nSPS) is 21.9. The molecule has 2 atom stereocenters. The van der Waals surface area contributed by atoms with Crippen molar-refractivity contribution in [3.63, 3.8) is 0 Å². The van der Waals surface area contributed by atoms with Crippen molar-refractivity contribution in [2.45, 2.75) is 50.7 Å². The molecule has 3 aliphatic heterocycles. The number of aromatic nitrogens is 2. The lowest BCUT2D eigenvalue weighted by Gasteiger charge is -2.41. The van der Waals surface area contributed by atoms with Crippen LogP contribution in [-0.4, -0.2) is 84.1 Å². The van der Waals surface area contributed by atoms with Crippen molar-refractivity contribution < 1.29 is 9.53 Å². The van der Waals surface area contributed by atoms with E-state index in [-0.39, 0.29) is 18.4 Å². The predicted octanol–water partition coefficient (Wildman–Crippen LogP) is 3.02. The maximum Gasteiger partial charge on any atom is 0.318 e. The number of carbonyl (C=O) groups is 1. The molecule has 2 aromatic rings. The van der Waals surface area contributed by atoms with Crippen molar-refractivity contribution in [2.24, 2.45) is 0 Å². The molecular weight excluding hydrogens is 478 g/mol. The van der Waals surface area contributed by atoms with Crippen LogP contribution in [0, 0.1) is 11.3 Å². The Hall–Kier alpha value is -3.64. The molecule has 0 saturated carbocycles. The molecule has 1 aromatic heterocycles. The fourth-order valence-corrected chi connectivity index (χ4v) is 5.87. The Bertz CT molecular complexity index is 1180. The Balaban J connectivity index is 1.46. The quantitative estimate of drug-likeness (QED) is 0.520. The number of rotatable bonds is 7. The Morgan fingerprint density at radius 2 is 1.97 bits per heavy atom. The summed E-state index contributed by atoms with van der Waals surface area (Å²) in [6.45, 7) is 8.62. The Kier molecular flexibility index (Phi) is 8.08. The molecule has 5 rings (SSSR count). The van der Waals surface area contributed by atoms with Crippen LogP contribution >= 0.6 is 0 Å². The zero-order chi connectivity index (χ0) is 26.5. The van der Waals surface area contributed by atoms with Crippen LogP contribution in [0.4, 0.5) is 11.5 Å². The molecule has 0 N–H and O–H groups in total. The van der Waals surface area contributed by atoms with Crippen molar-refractivity contribution >= 4 is 17.4 Å². The van der Waals surface area contributed by atoms with Crippen molar-refractivity contribution in [1.82, 2.24) is 19.8 Å². The fourth-order valence-electron chi connectivity index (χ4n) is 5.87. The van der Waals surface area contributed by atoms with Crippen LogP contribution in [0.5, 0.6) is 6.01 Å². The van der Waals surface area contributed by atoms with Crippen LogP contribution in [0.1, 0.15) is 36.9 Å². The summed E-state index contributed by atoms with van der Waals surface area (Å²) < 4.78 is 6.25. The molecule has 4 heterocycles. The number of likely N-dealkylation sites (tertiary alicyclic amines) is 1. The SMILES string of the molecule is C=CC(=O)N1CCN(c2nc(OC[C@@H]3CCCN3C)nc3c2CCCN(c2ccccc2)C3)C[C@@H]1CC#N. The molecular formula is C29H37N7O2. The molecule has 0 aliphatic carbocycles. The number of nitrogens with zero attached hydrogens (tertiary/aromatic N) is 7. The minimum absolute atomic E-state index is 0.130. The van der Waals surface area contributed by atoms with Crippen LogP contribution in [0.25, 0.3) is 0 Å². The van der Waals surface area contributed by atoms with Gasteiger partial charge < -0.3 is 24.3 Å². The van der Waals surface area contributed by atoms with Gasteiger partial charge in [0.1, 0.15) is 12.4 Å². The standard InChI is InChI=1S/C29H37N7O2/c1-3-27(37)36-18-17-35(19-23(36)13-14-30)28-25-12-8-16-34(22-9-5-4-6-10-22)20-26(25)31-29(32-28)38-21-24-11-7-15-33(24)2/h3-6,9-10,23-24H,1,7-8,11-13,15-21H2,2H3/t23-,24-/m0/s1. The van der Waals surface area contributed by atoms with E-state index in [0.29, 0.717) is 44.8 Å². The maximum atomic E-state index is 12.5. The average Bonchev–Trinajstić information content (AvgIpc) is 3.23. The molecule has 9 nitrogen and oxygen atoms in total. The zero-order valence-corrected chi connectivity index (χ0v) is 22.3. The number of nitriles is 1. The van der Waals surface area contributed by atoms with Crippen molar-refractivity contribution in [2.75, 3.05) is 56.2 Å². The average molecular weight is 516 g/mol.